The van der Waals surface area contributed by atoms with Crippen LogP contribution in [0.25, 0.3) is 0 Å². The fraction of sp³-hybridized carbons (Fsp3) is 0.278. The minimum Gasteiger partial charge on any atom is -0.298 e. The number of carbonyl (C=O) groups excluding carboxylic acids is 1. The van der Waals surface area contributed by atoms with Gasteiger partial charge in [0.05, 0.1) is 0 Å². The van der Waals surface area contributed by atoms with Crippen LogP contribution in [0, 0.1) is 0 Å². The van der Waals surface area contributed by atoms with Crippen molar-refractivity contribution in [1.82, 2.24) is 0 Å². The maximum Gasteiger partial charge on any atom is 0.150 e. The Hall–Kier alpha value is -1.54. The largest absolute Gasteiger partial charge is 0.298 e. The van der Waals surface area contributed by atoms with Crippen molar-refractivity contribution >= 4 is 18.0 Å². The Kier molecular flexibility index (Phi) is 4.66. The molecule has 0 aliphatic carbocycles. The van der Waals surface area contributed by atoms with Crippen LogP contribution in [-0.2, 0) is 11.2 Å². The zero-order valence-corrected chi connectivity index (χ0v) is 13.0. The Balaban J connectivity index is 1.98. The first-order valence-corrected chi connectivity index (χ1v) is 7.75. The van der Waals surface area contributed by atoms with Crippen LogP contribution >= 0.6 is 11.8 Å². The number of thioether (sulfide) groups is 1. The van der Waals surface area contributed by atoms with E-state index >= 15 is 0 Å². The summed E-state index contributed by atoms with van der Waals surface area (Å²) in [4.78, 5) is 11.8. The molecule has 0 aromatic heterocycles. The molecule has 0 aliphatic rings. The summed E-state index contributed by atoms with van der Waals surface area (Å²) in [6.07, 6.45) is 0.875. The smallest absolute Gasteiger partial charge is 0.150 e. The third-order valence-corrected chi connectivity index (χ3v) is 4.32. The van der Waals surface area contributed by atoms with Crippen molar-refractivity contribution < 1.29 is 4.79 Å². The van der Waals surface area contributed by atoms with Gasteiger partial charge in [-0.05, 0) is 28.7 Å². The number of hydrogen-bond acceptors (Lipinski definition) is 2. The molecule has 2 heteroatoms. The predicted molar refractivity (Wildman–Crippen MR) is 86.5 cm³/mol. The average molecular weight is 284 g/mol. The summed E-state index contributed by atoms with van der Waals surface area (Å²) in [5.74, 6) is 0.949. The van der Waals surface area contributed by atoms with Gasteiger partial charge in [-0.25, -0.2) is 0 Å². The fourth-order valence-electron chi connectivity index (χ4n) is 1.91. The summed E-state index contributed by atoms with van der Waals surface area (Å²) in [5, 5.41) is 0. The highest BCUT2D eigenvalue weighted by atomic mass is 32.2. The van der Waals surface area contributed by atoms with E-state index < -0.39 is 0 Å². The molecule has 0 saturated heterocycles. The van der Waals surface area contributed by atoms with Gasteiger partial charge in [-0.1, -0.05) is 57.2 Å². The van der Waals surface area contributed by atoms with Crippen molar-refractivity contribution in [3.63, 3.8) is 0 Å². The van der Waals surface area contributed by atoms with Crippen molar-refractivity contribution in [3.8, 4) is 0 Å². The minimum atomic E-state index is 0.205. The molecule has 0 unspecified atom stereocenters. The highest BCUT2D eigenvalue weighted by molar-refractivity contribution is 7.98. The van der Waals surface area contributed by atoms with E-state index in [9.17, 15) is 4.79 Å². The lowest BCUT2D eigenvalue weighted by Gasteiger charge is -2.19. The van der Waals surface area contributed by atoms with E-state index in [0.29, 0.717) is 0 Å². The normalized spacial score (nSPS) is 11.3. The molecule has 0 heterocycles. The van der Waals surface area contributed by atoms with Gasteiger partial charge in [-0.3, -0.25) is 4.79 Å². The first kappa shape index (κ1) is 14.9. The number of hydrogen-bond donors (Lipinski definition) is 0. The molecule has 0 N–H and O–H groups in total. The molecule has 0 fully saturated rings. The van der Waals surface area contributed by atoms with Crippen LogP contribution < -0.4 is 0 Å². The summed E-state index contributed by atoms with van der Waals surface area (Å²) in [6.45, 7) is 6.68. The van der Waals surface area contributed by atoms with Gasteiger partial charge < -0.3 is 0 Å². The Morgan fingerprint density at radius 1 is 0.950 bits per heavy atom. The molecule has 2 aromatic carbocycles. The maximum absolute atomic E-state index is 10.6. The molecule has 2 aromatic rings. The number of benzene rings is 2. The molecule has 0 bridgehead atoms. The molecule has 0 atom stereocenters. The van der Waals surface area contributed by atoms with E-state index in [2.05, 4.69) is 45.0 Å². The van der Waals surface area contributed by atoms with Crippen LogP contribution in [0.4, 0.5) is 0 Å². The molecule has 0 radical (unpaired) electrons. The van der Waals surface area contributed by atoms with Crippen LogP contribution in [0.15, 0.2) is 53.4 Å². The zero-order valence-electron chi connectivity index (χ0n) is 12.2. The fourth-order valence-corrected chi connectivity index (χ4v) is 2.76. The average Bonchev–Trinajstić information content (AvgIpc) is 2.45. The van der Waals surface area contributed by atoms with E-state index in [1.54, 1.807) is 11.8 Å². The molecular formula is C18H20OS. The summed E-state index contributed by atoms with van der Waals surface area (Å²) in [6, 6.07) is 16.5. The molecule has 0 amide bonds. The number of rotatable bonds is 4. The van der Waals surface area contributed by atoms with Crippen LogP contribution in [0.2, 0.25) is 0 Å². The van der Waals surface area contributed by atoms with Gasteiger partial charge >= 0.3 is 0 Å². The van der Waals surface area contributed by atoms with Crippen LogP contribution in [0.1, 0.15) is 42.3 Å². The molecular weight excluding hydrogens is 264 g/mol. The van der Waals surface area contributed by atoms with Crippen molar-refractivity contribution in [3.05, 3.63) is 65.2 Å². The molecule has 104 valence electrons. The molecule has 0 spiro atoms. The second-order valence-electron chi connectivity index (χ2n) is 5.92. The van der Waals surface area contributed by atoms with Crippen molar-refractivity contribution in [2.75, 3.05) is 0 Å². The molecule has 0 saturated carbocycles. The third-order valence-electron chi connectivity index (χ3n) is 3.24. The van der Waals surface area contributed by atoms with Gasteiger partial charge in [-0.2, -0.15) is 0 Å². The molecule has 2 rings (SSSR count). The monoisotopic (exact) mass is 284 g/mol. The van der Waals surface area contributed by atoms with E-state index in [-0.39, 0.29) is 5.41 Å². The zero-order chi connectivity index (χ0) is 14.6. The Morgan fingerprint density at radius 3 is 2.05 bits per heavy atom. The first-order chi connectivity index (χ1) is 9.49. The lowest BCUT2D eigenvalue weighted by Crippen LogP contribution is -2.10. The van der Waals surface area contributed by atoms with Gasteiger partial charge in [0, 0.05) is 16.2 Å². The summed E-state index contributed by atoms with van der Waals surface area (Å²) >= 11 is 1.79. The molecule has 0 aliphatic heterocycles. The van der Waals surface area contributed by atoms with E-state index in [1.165, 1.54) is 16.0 Å². The van der Waals surface area contributed by atoms with Gasteiger partial charge in [0.25, 0.3) is 0 Å². The van der Waals surface area contributed by atoms with Crippen LogP contribution in [-0.4, -0.2) is 6.29 Å². The van der Waals surface area contributed by atoms with Crippen molar-refractivity contribution in [1.29, 1.82) is 0 Å². The van der Waals surface area contributed by atoms with Gasteiger partial charge in [-0.15, -0.1) is 11.8 Å². The lowest BCUT2D eigenvalue weighted by atomic mass is 9.87. The Bertz CT molecular complexity index is 562. The summed E-state index contributed by atoms with van der Waals surface area (Å²) in [5.41, 5.74) is 3.61. The number of carbonyl (C=O) groups is 1. The predicted octanol–water partition coefficient (Wildman–Crippen LogP) is 5.09. The van der Waals surface area contributed by atoms with E-state index in [0.717, 1.165) is 17.6 Å². The summed E-state index contributed by atoms with van der Waals surface area (Å²) < 4.78 is 0. The Labute approximate surface area is 125 Å². The lowest BCUT2D eigenvalue weighted by molar-refractivity contribution is 0.112. The van der Waals surface area contributed by atoms with Crippen LogP contribution in [0.5, 0.6) is 0 Å². The van der Waals surface area contributed by atoms with Gasteiger partial charge in [0.15, 0.2) is 0 Å². The SMILES string of the molecule is CC(C)(C)c1ccc(CSc2ccc(C=O)cc2)cc1. The highest BCUT2D eigenvalue weighted by Gasteiger charge is 2.12. The highest BCUT2D eigenvalue weighted by Crippen LogP contribution is 2.26. The quantitative estimate of drug-likeness (QED) is 0.574. The molecule has 20 heavy (non-hydrogen) atoms. The van der Waals surface area contributed by atoms with Gasteiger partial charge in [0.2, 0.25) is 0 Å². The number of aldehydes is 1. The summed E-state index contributed by atoms with van der Waals surface area (Å²) in [7, 11) is 0. The Morgan fingerprint density at radius 2 is 1.55 bits per heavy atom. The van der Waals surface area contributed by atoms with E-state index in [4.69, 9.17) is 0 Å². The second-order valence-corrected chi connectivity index (χ2v) is 6.97. The van der Waals surface area contributed by atoms with Gasteiger partial charge in [0.1, 0.15) is 6.29 Å². The third kappa shape index (κ3) is 3.97. The van der Waals surface area contributed by atoms with Crippen molar-refractivity contribution in [2.24, 2.45) is 0 Å². The van der Waals surface area contributed by atoms with E-state index in [1.807, 2.05) is 24.3 Å². The van der Waals surface area contributed by atoms with Crippen molar-refractivity contribution in [2.45, 2.75) is 36.8 Å². The minimum absolute atomic E-state index is 0.205. The molecule has 1 nitrogen and oxygen atoms in total. The standard InChI is InChI=1S/C18H20OS/c1-18(2,3)16-8-4-15(5-9-16)13-20-17-10-6-14(12-19)7-11-17/h4-12H,13H2,1-3H3. The van der Waals surface area contributed by atoms with Crippen LogP contribution in [0.3, 0.4) is 0 Å². The topological polar surface area (TPSA) is 17.1 Å². The maximum atomic E-state index is 10.6. The second kappa shape index (κ2) is 6.27. The first-order valence-electron chi connectivity index (χ1n) is 6.76.